The second kappa shape index (κ2) is 10.8. The van der Waals surface area contributed by atoms with Gasteiger partial charge >= 0.3 is 5.91 Å². The Morgan fingerprint density at radius 3 is 2.53 bits per heavy atom. The van der Waals surface area contributed by atoms with Crippen LogP contribution in [0.25, 0.3) is 16.0 Å². The van der Waals surface area contributed by atoms with E-state index in [1.54, 1.807) is 60.7 Å². The van der Waals surface area contributed by atoms with E-state index in [0.29, 0.717) is 50.1 Å². The summed E-state index contributed by atoms with van der Waals surface area (Å²) in [7, 11) is 0. The van der Waals surface area contributed by atoms with E-state index in [0.717, 1.165) is 11.1 Å². The van der Waals surface area contributed by atoms with E-state index in [2.05, 4.69) is 18.8 Å². The van der Waals surface area contributed by atoms with Crippen LogP contribution < -0.4 is 9.64 Å². The van der Waals surface area contributed by atoms with Gasteiger partial charge in [0.1, 0.15) is 11.5 Å². The van der Waals surface area contributed by atoms with Crippen molar-refractivity contribution in [2.24, 2.45) is 5.92 Å². The second-order valence-electron chi connectivity index (χ2n) is 9.39. The van der Waals surface area contributed by atoms with Crippen molar-refractivity contribution in [1.29, 1.82) is 0 Å². The maximum atomic E-state index is 13.5. The van der Waals surface area contributed by atoms with Crippen molar-refractivity contribution in [2.45, 2.75) is 26.3 Å². The van der Waals surface area contributed by atoms with Crippen molar-refractivity contribution in [3.05, 3.63) is 93.5 Å². The molecule has 3 aromatic carbocycles. The number of aliphatic hydroxyl groups is 1. The Labute approximate surface area is 234 Å². The number of carbonyl (C=O) groups excluding carboxylic acids is 2. The molecule has 1 aliphatic heterocycles. The topological polar surface area (TPSA) is 79.7 Å². The molecule has 0 bridgehead atoms. The van der Waals surface area contributed by atoms with E-state index in [1.165, 1.54) is 16.2 Å². The molecule has 6 nitrogen and oxygen atoms in total. The molecule has 1 aromatic heterocycles. The average molecular weight is 567 g/mol. The van der Waals surface area contributed by atoms with Gasteiger partial charge in [-0.3, -0.25) is 14.5 Å². The van der Waals surface area contributed by atoms with Crippen molar-refractivity contribution < 1.29 is 19.4 Å². The number of halogens is 2. The predicted molar refractivity (Wildman–Crippen MR) is 152 cm³/mol. The largest absolute Gasteiger partial charge is 0.507 e. The maximum Gasteiger partial charge on any atom is 0.301 e. The lowest BCUT2D eigenvalue weighted by atomic mass is 9.95. The Morgan fingerprint density at radius 1 is 1.05 bits per heavy atom. The van der Waals surface area contributed by atoms with Gasteiger partial charge in [0.05, 0.1) is 28.4 Å². The van der Waals surface area contributed by atoms with Gasteiger partial charge in [-0.05, 0) is 72.5 Å². The highest BCUT2D eigenvalue weighted by Gasteiger charge is 2.48. The number of thiazole rings is 1. The Kier molecular flexibility index (Phi) is 7.43. The minimum atomic E-state index is -0.921. The van der Waals surface area contributed by atoms with Gasteiger partial charge in [-0.2, -0.15) is 0 Å². The van der Waals surface area contributed by atoms with E-state index in [9.17, 15) is 14.7 Å². The molecule has 38 heavy (non-hydrogen) atoms. The van der Waals surface area contributed by atoms with Crippen LogP contribution >= 0.6 is 34.5 Å². The summed E-state index contributed by atoms with van der Waals surface area (Å²) in [4.78, 5) is 32.9. The van der Waals surface area contributed by atoms with Crippen LogP contribution in [0.5, 0.6) is 5.75 Å². The molecule has 1 saturated heterocycles. The number of fused-ring (bicyclic) bond motifs is 1. The van der Waals surface area contributed by atoms with Gasteiger partial charge in [0, 0.05) is 15.6 Å². The van der Waals surface area contributed by atoms with E-state index >= 15 is 0 Å². The number of aliphatic hydroxyl groups excluding tert-OH is 1. The summed E-state index contributed by atoms with van der Waals surface area (Å²) in [6, 6.07) is 18.0. The van der Waals surface area contributed by atoms with Crippen molar-refractivity contribution >= 4 is 67.3 Å². The van der Waals surface area contributed by atoms with Gasteiger partial charge in [-0.25, -0.2) is 4.98 Å². The highest BCUT2D eigenvalue weighted by Crippen LogP contribution is 2.45. The van der Waals surface area contributed by atoms with Crippen LogP contribution in [-0.2, 0) is 9.59 Å². The summed E-state index contributed by atoms with van der Waals surface area (Å²) in [5.41, 5.74) is 1.60. The highest BCUT2D eigenvalue weighted by molar-refractivity contribution is 7.22. The normalized spacial score (nSPS) is 17.1. The van der Waals surface area contributed by atoms with E-state index in [1.807, 2.05) is 6.07 Å². The maximum absolute atomic E-state index is 13.5. The fourth-order valence-corrected chi connectivity index (χ4v) is 5.68. The fourth-order valence-electron chi connectivity index (χ4n) is 4.28. The van der Waals surface area contributed by atoms with E-state index < -0.39 is 17.7 Å². The molecule has 1 aliphatic rings. The summed E-state index contributed by atoms with van der Waals surface area (Å²) >= 11 is 13.4. The second-order valence-corrected chi connectivity index (χ2v) is 11.3. The van der Waals surface area contributed by atoms with Gasteiger partial charge in [-0.15, -0.1) is 0 Å². The number of hydrogen-bond donors (Lipinski definition) is 1. The molecule has 1 unspecified atom stereocenters. The number of benzene rings is 3. The molecular weight excluding hydrogens is 543 g/mol. The molecule has 194 valence electrons. The first kappa shape index (κ1) is 26.2. The van der Waals surface area contributed by atoms with Gasteiger partial charge in [-0.1, -0.05) is 60.5 Å². The molecule has 5 rings (SSSR count). The van der Waals surface area contributed by atoms with Crippen LogP contribution in [0.4, 0.5) is 5.13 Å². The molecule has 2 heterocycles. The van der Waals surface area contributed by atoms with Crippen LogP contribution in [0, 0.1) is 5.92 Å². The van der Waals surface area contributed by atoms with Gasteiger partial charge in [0.15, 0.2) is 5.13 Å². The Morgan fingerprint density at radius 2 is 1.79 bits per heavy atom. The average Bonchev–Trinajstić information content (AvgIpc) is 3.41. The zero-order valence-corrected chi connectivity index (χ0v) is 23.0. The minimum Gasteiger partial charge on any atom is -0.507 e. The molecular formula is C29H24Cl2N2O4S. The molecule has 0 saturated carbocycles. The molecule has 0 spiro atoms. The third kappa shape index (κ3) is 5.14. The Hall–Kier alpha value is -3.39. The molecule has 1 atom stereocenters. The number of nitrogens with zero attached hydrogens (tertiary/aromatic N) is 2. The van der Waals surface area contributed by atoms with Gasteiger partial charge in [0.2, 0.25) is 0 Å². The number of hydrogen-bond acceptors (Lipinski definition) is 6. The lowest BCUT2D eigenvalue weighted by molar-refractivity contribution is -0.132. The lowest BCUT2D eigenvalue weighted by Crippen LogP contribution is -2.29. The summed E-state index contributed by atoms with van der Waals surface area (Å²) in [5, 5.41) is 12.7. The highest BCUT2D eigenvalue weighted by atomic mass is 35.5. The van der Waals surface area contributed by atoms with Gasteiger partial charge in [0.25, 0.3) is 5.78 Å². The van der Waals surface area contributed by atoms with Crippen LogP contribution in [0.1, 0.15) is 37.4 Å². The monoisotopic (exact) mass is 566 g/mol. The summed E-state index contributed by atoms with van der Waals surface area (Å²) in [6.07, 6.45) is 0.882. The number of ether oxygens (including phenoxy) is 1. The van der Waals surface area contributed by atoms with Crippen molar-refractivity contribution in [1.82, 2.24) is 4.98 Å². The summed E-state index contributed by atoms with van der Waals surface area (Å²) in [6.45, 7) is 4.77. The van der Waals surface area contributed by atoms with E-state index in [4.69, 9.17) is 27.9 Å². The number of anilines is 1. The number of Topliss-reactive ketones (excluding diaryl/α,β-unsaturated/α-hetero) is 1. The SMILES string of the molecule is CC(C)CCOc1cccc(C2C(=C(O)c3ccc(Cl)cc3)C(=O)C(=O)N2c2nc3ccc(Cl)cc3s2)c1. The first-order valence-electron chi connectivity index (χ1n) is 12.1. The standard InChI is InChI=1S/C29H24Cl2N2O4S/c1-16(2)12-13-37-21-5-3-4-18(14-21)25-24(26(34)17-6-8-19(30)9-7-17)27(35)28(36)33(25)29-32-22-11-10-20(31)15-23(22)38-29/h3-11,14-16,25,34H,12-13H2,1-2H3. The number of amides is 1. The van der Waals surface area contributed by atoms with Crippen LogP contribution in [-0.4, -0.2) is 28.4 Å². The van der Waals surface area contributed by atoms with Crippen LogP contribution in [0.15, 0.2) is 72.3 Å². The number of ketones is 1. The van der Waals surface area contributed by atoms with Crippen LogP contribution in [0.3, 0.4) is 0 Å². The first-order valence-corrected chi connectivity index (χ1v) is 13.7. The van der Waals surface area contributed by atoms with Gasteiger partial charge < -0.3 is 9.84 Å². The zero-order valence-electron chi connectivity index (χ0n) is 20.7. The summed E-state index contributed by atoms with van der Waals surface area (Å²) < 4.78 is 6.73. The smallest absolute Gasteiger partial charge is 0.301 e. The Balaban J connectivity index is 1.65. The van der Waals surface area contributed by atoms with Crippen molar-refractivity contribution in [3.8, 4) is 5.75 Å². The molecule has 9 heteroatoms. The summed E-state index contributed by atoms with van der Waals surface area (Å²) in [5.74, 6) is -0.774. The zero-order chi connectivity index (χ0) is 27.0. The molecule has 1 amide bonds. The fraction of sp³-hybridized carbons (Fsp3) is 0.207. The quantitative estimate of drug-likeness (QED) is 0.141. The van der Waals surface area contributed by atoms with E-state index in [-0.39, 0.29) is 11.3 Å². The molecule has 1 N–H and O–H groups in total. The molecule has 0 radical (unpaired) electrons. The Bertz CT molecular complexity index is 1560. The molecule has 4 aromatic rings. The minimum absolute atomic E-state index is 0.0334. The van der Waals surface area contributed by atoms with Crippen LogP contribution in [0.2, 0.25) is 10.0 Å². The predicted octanol–water partition coefficient (Wildman–Crippen LogP) is 7.65. The lowest BCUT2D eigenvalue weighted by Gasteiger charge is -2.23. The van der Waals surface area contributed by atoms with Crippen molar-refractivity contribution in [2.75, 3.05) is 11.5 Å². The van der Waals surface area contributed by atoms with Crippen molar-refractivity contribution in [3.63, 3.8) is 0 Å². The number of rotatable bonds is 7. The molecule has 0 aliphatic carbocycles. The third-order valence-electron chi connectivity index (χ3n) is 6.25. The molecule has 1 fully saturated rings. The first-order chi connectivity index (χ1) is 18.2. The number of aromatic nitrogens is 1. The third-order valence-corrected chi connectivity index (χ3v) is 7.75. The number of carbonyl (C=O) groups is 2.